The van der Waals surface area contributed by atoms with Gasteiger partial charge in [0.2, 0.25) is 0 Å². The maximum atomic E-state index is 11.5. The van der Waals surface area contributed by atoms with Crippen LogP contribution in [0.1, 0.15) is 46.5 Å². The number of fused-ring (bicyclic) bond motifs is 1. The topological polar surface area (TPSA) is 80.9 Å². The van der Waals surface area contributed by atoms with Crippen molar-refractivity contribution in [3.05, 3.63) is 39.6 Å². The summed E-state index contributed by atoms with van der Waals surface area (Å²) >= 11 is 1.53. The first-order valence-electron chi connectivity index (χ1n) is 7.17. The van der Waals surface area contributed by atoms with E-state index in [1.54, 1.807) is 22.5 Å². The molecule has 3 aromatic rings. The van der Waals surface area contributed by atoms with Crippen molar-refractivity contribution in [2.45, 2.75) is 26.8 Å². The van der Waals surface area contributed by atoms with E-state index in [4.69, 9.17) is 0 Å². The molecule has 6 nitrogen and oxygen atoms in total. The Balaban J connectivity index is 2.13. The van der Waals surface area contributed by atoms with Gasteiger partial charge in [0.05, 0.1) is 34.0 Å². The minimum absolute atomic E-state index is 0.101. The average Bonchev–Trinajstić information content (AvgIpc) is 3.10. The SMILES string of the molecule is Cc1ncsc1/C=C/c1cc(C(=O)O)c2cnn(C(C)C)c2n1. The van der Waals surface area contributed by atoms with Crippen LogP contribution in [0.25, 0.3) is 23.2 Å². The van der Waals surface area contributed by atoms with Crippen molar-refractivity contribution in [1.29, 1.82) is 0 Å². The van der Waals surface area contributed by atoms with E-state index in [0.29, 0.717) is 16.7 Å². The highest BCUT2D eigenvalue weighted by Gasteiger charge is 2.16. The van der Waals surface area contributed by atoms with E-state index in [2.05, 4.69) is 15.1 Å². The van der Waals surface area contributed by atoms with E-state index in [9.17, 15) is 9.90 Å². The van der Waals surface area contributed by atoms with Gasteiger partial charge in [-0.1, -0.05) is 0 Å². The number of aromatic nitrogens is 4. The molecule has 0 amide bonds. The summed E-state index contributed by atoms with van der Waals surface area (Å²) in [7, 11) is 0. The summed E-state index contributed by atoms with van der Waals surface area (Å²) in [4.78, 5) is 21.3. The van der Waals surface area contributed by atoms with Gasteiger partial charge in [-0.25, -0.2) is 19.4 Å². The van der Waals surface area contributed by atoms with Crippen LogP contribution >= 0.6 is 11.3 Å². The minimum Gasteiger partial charge on any atom is -0.478 e. The Kier molecular flexibility index (Phi) is 3.96. The van der Waals surface area contributed by atoms with Gasteiger partial charge in [-0.15, -0.1) is 11.3 Å². The Morgan fingerprint density at radius 2 is 2.17 bits per heavy atom. The molecule has 0 fully saturated rings. The molecular weight excluding hydrogens is 312 g/mol. The molecule has 0 aliphatic rings. The van der Waals surface area contributed by atoms with E-state index >= 15 is 0 Å². The van der Waals surface area contributed by atoms with Gasteiger partial charge < -0.3 is 5.11 Å². The Bertz CT molecular complexity index is 908. The Labute approximate surface area is 137 Å². The summed E-state index contributed by atoms with van der Waals surface area (Å²) in [5, 5.41) is 14.3. The maximum Gasteiger partial charge on any atom is 0.336 e. The lowest BCUT2D eigenvalue weighted by molar-refractivity contribution is 0.0699. The lowest BCUT2D eigenvalue weighted by Gasteiger charge is -2.07. The first-order valence-corrected chi connectivity index (χ1v) is 8.05. The van der Waals surface area contributed by atoms with Crippen molar-refractivity contribution in [2.75, 3.05) is 0 Å². The quantitative estimate of drug-likeness (QED) is 0.790. The predicted molar refractivity (Wildman–Crippen MR) is 90.7 cm³/mol. The fourth-order valence-corrected chi connectivity index (χ4v) is 3.00. The largest absolute Gasteiger partial charge is 0.478 e. The lowest BCUT2D eigenvalue weighted by Crippen LogP contribution is -2.05. The molecule has 0 unspecified atom stereocenters. The molecule has 0 radical (unpaired) electrons. The Morgan fingerprint density at radius 1 is 1.39 bits per heavy atom. The monoisotopic (exact) mass is 328 g/mol. The van der Waals surface area contributed by atoms with Gasteiger partial charge in [0.1, 0.15) is 0 Å². The van der Waals surface area contributed by atoms with Crippen LogP contribution in [0, 0.1) is 6.92 Å². The van der Waals surface area contributed by atoms with Crippen LogP contribution in [-0.4, -0.2) is 30.8 Å². The molecule has 0 saturated carbocycles. The van der Waals surface area contributed by atoms with Crippen molar-refractivity contribution in [2.24, 2.45) is 0 Å². The summed E-state index contributed by atoms with van der Waals surface area (Å²) in [6.45, 7) is 5.90. The van der Waals surface area contributed by atoms with Gasteiger partial charge in [-0.2, -0.15) is 5.10 Å². The zero-order chi connectivity index (χ0) is 16.6. The third-order valence-electron chi connectivity index (χ3n) is 3.49. The first-order chi connectivity index (χ1) is 11.0. The number of pyridine rings is 1. The number of hydrogen-bond acceptors (Lipinski definition) is 5. The van der Waals surface area contributed by atoms with Crippen LogP contribution in [-0.2, 0) is 0 Å². The van der Waals surface area contributed by atoms with Crippen molar-refractivity contribution in [3.8, 4) is 0 Å². The van der Waals surface area contributed by atoms with Crippen LogP contribution in [0.4, 0.5) is 0 Å². The van der Waals surface area contributed by atoms with Crippen LogP contribution in [0.5, 0.6) is 0 Å². The molecule has 0 aliphatic heterocycles. The highest BCUT2D eigenvalue weighted by molar-refractivity contribution is 7.10. The van der Waals surface area contributed by atoms with Gasteiger partial charge in [0.25, 0.3) is 0 Å². The smallest absolute Gasteiger partial charge is 0.336 e. The van der Waals surface area contributed by atoms with E-state index in [-0.39, 0.29) is 11.6 Å². The summed E-state index contributed by atoms with van der Waals surface area (Å²) in [5.41, 5.74) is 4.11. The predicted octanol–water partition coefficient (Wildman–Crippen LogP) is 3.65. The normalized spacial score (nSPS) is 11.8. The first kappa shape index (κ1) is 15.4. The van der Waals surface area contributed by atoms with Crippen LogP contribution < -0.4 is 0 Å². The Hall–Kier alpha value is -2.54. The number of carboxylic acid groups (broad SMARTS) is 1. The Morgan fingerprint density at radius 3 is 2.78 bits per heavy atom. The highest BCUT2D eigenvalue weighted by atomic mass is 32.1. The fraction of sp³-hybridized carbons (Fsp3) is 0.250. The van der Waals surface area contributed by atoms with Crippen LogP contribution in [0.2, 0.25) is 0 Å². The number of aromatic carboxylic acids is 1. The molecule has 1 N–H and O–H groups in total. The molecule has 3 aromatic heterocycles. The highest BCUT2D eigenvalue weighted by Crippen LogP contribution is 2.23. The molecule has 0 bridgehead atoms. The van der Waals surface area contributed by atoms with Crippen molar-refractivity contribution in [1.82, 2.24) is 19.7 Å². The van der Waals surface area contributed by atoms with Crippen LogP contribution in [0.15, 0.2) is 17.8 Å². The van der Waals surface area contributed by atoms with Gasteiger partial charge in [-0.05, 0) is 39.0 Å². The second-order valence-electron chi connectivity index (χ2n) is 5.46. The standard InChI is InChI=1S/C16H16N4O2S/c1-9(2)20-15-13(7-18-20)12(16(21)22)6-11(19-15)4-5-14-10(3)17-8-23-14/h4-9H,1-3H3,(H,21,22)/b5-4+. The number of hydrogen-bond donors (Lipinski definition) is 1. The second kappa shape index (κ2) is 5.92. The number of nitrogens with zero attached hydrogens (tertiary/aromatic N) is 4. The number of carbonyl (C=O) groups is 1. The number of thiazole rings is 1. The molecule has 7 heteroatoms. The summed E-state index contributed by atoms with van der Waals surface area (Å²) in [5.74, 6) is -0.982. The number of aryl methyl sites for hydroxylation is 1. The third kappa shape index (κ3) is 2.87. The molecule has 0 atom stereocenters. The summed E-state index contributed by atoms with van der Waals surface area (Å²) in [6, 6.07) is 1.67. The van der Waals surface area contributed by atoms with Gasteiger partial charge in [0.15, 0.2) is 5.65 Å². The van der Waals surface area contributed by atoms with Gasteiger partial charge in [-0.3, -0.25) is 0 Å². The molecule has 0 aliphatic carbocycles. The molecule has 0 aromatic carbocycles. The van der Waals surface area contributed by atoms with Crippen molar-refractivity contribution >= 4 is 40.5 Å². The number of carboxylic acids is 1. The zero-order valence-electron chi connectivity index (χ0n) is 13.0. The summed E-state index contributed by atoms with van der Waals surface area (Å²) in [6.07, 6.45) is 5.28. The molecule has 0 spiro atoms. The minimum atomic E-state index is -0.982. The van der Waals surface area contributed by atoms with Crippen molar-refractivity contribution < 1.29 is 9.90 Å². The summed E-state index contributed by atoms with van der Waals surface area (Å²) < 4.78 is 1.73. The van der Waals surface area contributed by atoms with E-state index in [0.717, 1.165) is 10.6 Å². The molecule has 3 heterocycles. The molecule has 23 heavy (non-hydrogen) atoms. The second-order valence-corrected chi connectivity index (χ2v) is 6.34. The molecule has 0 saturated heterocycles. The van der Waals surface area contributed by atoms with E-state index in [1.807, 2.05) is 32.9 Å². The van der Waals surface area contributed by atoms with Crippen molar-refractivity contribution in [3.63, 3.8) is 0 Å². The van der Waals surface area contributed by atoms with E-state index in [1.165, 1.54) is 11.3 Å². The number of rotatable bonds is 4. The molecule has 118 valence electrons. The fourth-order valence-electron chi connectivity index (χ4n) is 2.31. The molecule has 3 rings (SSSR count). The zero-order valence-corrected chi connectivity index (χ0v) is 13.8. The lowest BCUT2D eigenvalue weighted by atomic mass is 10.1. The average molecular weight is 328 g/mol. The van der Waals surface area contributed by atoms with Gasteiger partial charge >= 0.3 is 5.97 Å². The maximum absolute atomic E-state index is 11.5. The van der Waals surface area contributed by atoms with E-state index < -0.39 is 5.97 Å². The third-order valence-corrected chi connectivity index (χ3v) is 4.39. The molecular formula is C16H16N4O2S. The van der Waals surface area contributed by atoms with Gasteiger partial charge in [0, 0.05) is 10.9 Å². The van der Waals surface area contributed by atoms with Crippen LogP contribution in [0.3, 0.4) is 0 Å².